The van der Waals surface area contributed by atoms with E-state index in [1.54, 1.807) is 0 Å². The van der Waals surface area contributed by atoms with Crippen molar-refractivity contribution in [1.29, 1.82) is 0 Å². The summed E-state index contributed by atoms with van der Waals surface area (Å²) in [5.41, 5.74) is 2.62. The molecule has 1 aliphatic rings. The average Bonchev–Trinajstić information content (AvgIpc) is 2.20. The van der Waals surface area contributed by atoms with Crippen molar-refractivity contribution in [2.24, 2.45) is 5.92 Å². The molecular formula is C14H21NO3S. The molecule has 0 aliphatic heterocycles. The molecule has 2 N–H and O–H groups in total. The molecule has 0 amide bonds. The van der Waals surface area contributed by atoms with Crippen LogP contribution in [0.2, 0.25) is 0 Å². The molecule has 1 aliphatic carbocycles. The zero-order chi connectivity index (χ0) is 14.2. The lowest BCUT2D eigenvalue weighted by molar-refractivity contribution is 0.0453. The van der Waals surface area contributed by atoms with E-state index in [2.05, 4.69) is 4.72 Å². The summed E-state index contributed by atoms with van der Waals surface area (Å²) in [6.07, 6.45) is 1.13. The third-order valence-electron chi connectivity index (χ3n) is 3.65. The van der Waals surface area contributed by atoms with Crippen LogP contribution in [0.1, 0.15) is 29.5 Å². The van der Waals surface area contributed by atoms with Crippen molar-refractivity contribution in [2.45, 2.75) is 44.6 Å². The standard InChI is InChI=1S/C14H21NO3S/c1-9-4-10(2)14(11(3)5-9)19(17,18)15-8-12-6-13(16)7-12/h4-5,12-13,15-16H,6-8H2,1-3H3. The Morgan fingerprint density at radius 3 is 2.21 bits per heavy atom. The summed E-state index contributed by atoms with van der Waals surface area (Å²) < 4.78 is 27.3. The van der Waals surface area contributed by atoms with E-state index in [9.17, 15) is 13.5 Å². The number of rotatable bonds is 4. The van der Waals surface area contributed by atoms with E-state index in [1.807, 2.05) is 32.9 Å². The van der Waals surface area contributed by atoms with Gasteiger partial charge in [0.15, 0.2) is 0 Å². The molecule has 0 atom stereocenters. The van der Waals surface area contributed by atoms with Crippen LogP contribution >= 0.6 is 0 Å². The fourth-order valence-electron chi connectivity index (χ4n) is 2.76. The molecule has 0 radical (unpaired) electrons. The van der Waals surface area contributed by atoms with Gasteiger partial charge in [0.05, 0.1) is 11.0 Å². The molecule has 0 heterocycles. The first-order valence-corrected chi connectivity index (χ1v) is 8.03. The zero-order valence-corrected chi connectivity index (χ0v) is 12.4. The molecule has 1 aromatic carbocycles. The quantitative estimate of drug-likeness (QED) is 0.883. The Bertz CT molecular complexity index is 551. The van der Waals surface area contributed by atoms with Gasteiger partial charge < -0.3 is 5.11 Å². The van der Waals surface area contributed by atoms with Gasteiger partial charge in [0.2, 0.25) is 10.0 Å². The first-order chi connectivity index (χ1) is 8.79. The largest absolute Gasteiger partial charge is 0.393 e. The van der Waals surface area contributed by atoms with Crippen molar-refractivity contribution in [1.82, 2.24) is 4.72 Å². The minimum Gasteiger partial charge on any atom is -0.393 e. The number of benzene rings is 1. The van der Waals surface area contributed by atoms with E-state index in [1.165, 1.54) is 0 Å². The van der Waals surface area contributed by atoms with Gasteiger partial charge in [-0.1, -0.05) is 17.7 Å². The van der Waals surface area contributed by atoms with Gasteiger partial charge in [-0.25, -0.2) is 13.1 Å². The van der Waals surface area contributed by atoms with E-state index in [-0.39, 0.29) is 12.0 Å². The number of hydrogen-bond donors (Lipinski definition) is 2. The number of aliphatic hydroxyl groups is 1. The van der Waals surface area contributed by atoms with Crippen molar-refractivity contribution in [2.75, 3.05) is 6.54 Å². The van der Waals surface area contributed by atoms with Gasteiger partial charge in [-0.05, 0) is 50.7 Å². The zero-order valence-electron chi connectivity index (χ0n) is 11.6. The van der Waals surface area contributed by atoms with Gasteiger partial charge in [0, 0.05) is 6.54 Å². The van der Waals surface area contributed by atoms with Gasteiger partial charge in [-0.15, -0.1) is 0 Å². The Morgan fingerprint density at radius 1 is 1.21 bits per heavy atom. The lowest BCUT2D eigenvalue weighted by Crippen LogP contribution is -2.38. The minimum absolute atomic E-state index is 0.252. The highest BCUT2D eigenvalue weighted by Crippen LogP contribution is 2.27. The van der Waals surface area contributed by atoms with Crippen molar-refractivity contribution in [3.05, 3.63) is 28.8 Å². The lowest BCUT2D eigenvalue weighted by atomic mass is 9.83. The normalized spacial score (nSPS) is 23.2. The maximum absolute atomic E-state index is 12.3. The predicted octanol–water partition coefficient (Wildman–Crippen LogP) is 1.66. The molecule has 0 unspecified atom stereocenters. The van der Waals surface area contributed by atoms with E-state index in [0.29, 0.717) is 24.3 Å². The van der Waals surface area contributed by atoms with Crippen LogP contribution in [0.5, 0.6) is 0 Å². The van der Waals surface area contributed by atoms with Gasteiger partial charge in [0.1, 0.15) is 0 Å². The van der Waals surface area contributed by atoms with Crippen molar-refractivity contribution in [3.63, 3.8) is 0 Å². The Kier molecular flexibility index (Phi) is 3.99. The first-order valence-electron chi connectivity index (χ1n) is 6.55. The Hall–Kier alpha value is -0.910. The van der Waals surface area contributed by atoms with Crippen molar-refractivity contribution in [3.8, 4) is 0 Å². The number of hydrogen-bond acceptors (Lipinski definition) is 3. The summed E-state index contributed by atoms with van der Waals surface area (Å²) >= 11 is 0. The molecule has 0 bridgehead atoms. The lowest BCUT2D eigenvalue weighted by Gasteiger charge is -2.31. The fourth-order valence-corrected chi connectivity index (χ4v) is 4.32. The van der Waals surface area contributed by atoms with E-state index < -0.39 is 10.0 Å². The van der Waals surface area contributed by atoms with E-state index >= 15 is 0 Å². The van der Waals surface area contributed by atoms with Crippen LogP contribution in [0.15, 0.2) is 17.0 Å². The highest BCUT2D eigenvalue weighted by molar-refractivity contribution is 7.89. The third kappa shape index (κ3) is 3.16. The van der Waals surface area contributed by atoms with Crippen molar-refractivity contribution >= 4 is 10.0 Å². The summed E-state index contributed by atoms with van der Waals surface area (Å²) in [5.74, 6) is 0.260. The maximum atomic E-state index is 12.3. The Morgan fingerprint density at radius 2 is 1.74 bits per heavy atom. The molecule has 0 spiro atoms. The van der Waals surface area contributed by atoms with Crippen LogP contribution < -0.4 is 4.72 Å². The van der Waals surface area contributed by atoms with Crippen molar-refractivity contribution < 1.29 is 13.5 Å². The summed E-state index contributed by atoms with van der Waals surface area (Å²) in [7, 11) is -3.46. The van der Waals surface area contributed by atoms with Crippen LogP contribution in [0.4, 0.5) is 0 Å². The minimum atomic E-state index is -3.46. The van der Waals surface area contributed by atoms with Crippen LogP contribution in [-0.2, 0) is 10.0 Å². The van der Waals surface area contributed by atoms with E-state index in [4.69, 9.17) is 0 Å². The number of nitrogens with one attached hydrogen (secondary N) is 1. The predicted molar refractivity (Wildman–Crippen MR) is 74.6 cm³/mol. The molecule has 19 heavy (non-hydrogen) atoms. The molecular weight excluding hydrogens is 262 g/mol. The smallest absolute Gasteiger partial charge is 0.241 e. The molecule has 1 aromatic rings. The second-order valence-corrected chi connectivity index (χ2v) is 7.27. The second-order valence-electron chi connectivity index (χ2n) is 5.57. The number of aliphatic hydroxyl groups excluding tert-OH is 1. The Balaban J connectivity index is 2.15. The average molecular weight is 283 g/mol. The topological polar surface area (TPSA) is 66.4 Å². The summed E-state index contributed by atoms with van der Waals surface area (Å²) in [6, 6.07) is 3.77. The van der Waals surface area contributed by atoms with Crippen LogP contribution in [0.25, 0.3) is 0 Å². The third-order valence-corrected chi connectivity index (χ3v) is 5.37. The summed E-state index contributed by atoms with van der Waals surface area (Å²) in [4.78, 5) is 0.387. The molecule has 4 nitrogen and oxygen atoms in total. The SMILES string of the molecule is Cc1cc(C)c(S(=O)(=O)NCC2CC(O)C2)c(C)c1. The van der Waals surface area contributed by atoms with Gasteiger partial charge in [-0.3, -0.25) is 0 Å². The van der Waals surface area contributed by atoms with Crippen LogP contribution in [0, 0.1) is 26.7 Å². The fraction of sp³-hybridized carbons (Fsp3) is 0.571. The monoisotopic (exact) mass is 283 g/mol. The summed E-state index contributed by atoms with van der Waals surface area (Å²) in [5, 5.41) is 9.21. The highest BCUT2D eigenvalue weighted by atomic mass is 32.2. The summed E-state index contributed by atoms with van der Waals surface area (Å²) in [6.45, 7) is 6.01. The van der Waals surface area contributed by atoms with E-state index in [0.717, 1.165) is 16.7 Å². The van der Waals surface area contributed by atoms with Crippen LogP contribution in [-0.4, -0.2) is 26.2 Å². The molecule has 0 saturated heterocycles. The number of aryl methyl sites for hydroxylation is 3. The molecule has 5 heteroatoms. The van der Waals surface area contributed by atoms with Crippen LogP contribution in [0.3, 0.4) is 0 Å². The highest BCUT2D eigenvalue weighted by Gasteiger charge is 2.29. The molecule has 1 saturated carbocycles. The van der Waals surface area contributed by atoms with Gasteiger partial charge >= 0.3 is 0 Å². The van der Waals surface area contributed by atoms with Gasteiger partial charge in [-0.2, -0.15) is 0 Å². The molecule has 1 fully saturated rings. The molecule has 106 valence electrons. The molecule has 2 rings (SSSR count). The maximum Gasteiger partial charge on any atom is 0.241 e. The Labute approximate surface area is 114 Å². The second kappa shape index (κ2) is 5.23. The molecule has 0 aromatic heterocycles. The van der Waals surface area contributed by atoms with Gasteiger partial charge in [0.25, 0.3) is 0 Å². The first kappa shape index (κ1) is 14.5. The number of sulfonamides is 1.